The Labute approximate surface area is 120 Å². The zero-order valence-corrected chi connectivity index (χ0v) is 12.7. The van der Waals surface area contributed by atoms with Gasteiger partial charge in [-0.3, -0.25) is 0 Å². The molecule has 1 unspecified atom stereocenters. The minimum atomic E-state index is -0.116. The highest BCUT2D eigenvalue weighted by Crippen LogP contribution is 2.19. The van der Waals surface area contributed by atoms with Crippen LogP contribution in [0.15, 0.2) is 24.3 Å². The summed E-state index contributed by atoms with van der Waals surface area (Å²) in [6.07, 6.45) is 0. The fourth-order valence-electron chi connectivity index (χ4n) is 1.39. The highest BCUT2D eigenvalue weighted by atomic mass is 32.2. The standard InChI is InChI=1S/C16H22O2S/c1-13(2)14(3)19-11-10-18-16-8-4-6-15(12-16)7-5-9-17/h4,6,8,12-14,17H,9-11H2,1-3H3. The van der Waals surface area contributed by atoms with Crippen molar-refractivity contribution in [1.29, 1.82) is 0 Å². The SMILES string of the molecule is CC(C)C(C)SCCOc1cccc(C#CCO)c1. The third-order valence-electron chi connectivity index (χ3n) is 2.82. The molecule has 19 heavy (non-hydrogen) atoms. The van der Waals surface area contributed by atoms with Crippen LogP contribution in [0, 0.1) is 17.8 Å². The fourth-order valence-corrected chi connectivity index (χ4v) is 2.33. The number of aliphatic hydroxyl groups is 1. The Morgan fingerprint density at radius 2 is 2.11 bits per heavy atom. The van der Waals surface area contributed by atoms with Gasteiger partial charge in [-0.2, -0.15) is 11.8 Å². The van der Waals surface area contributed by atoms with Crippen molar-refractivity contribution in [3.8, 4) is 17.6 Å². The summed E-state index contributed by atoms with van der Waals surface area (Å²) in [6, 6.07) is 7.66. The molecule has 0 saturated carbocycles. The molecule has 0 bridgehead atoms. The molecule has 1 rings (SSSR count). The van der Waals surface area contributed by atoms with Crippen molar-refractivity contribution in [1.82, 2.24) is 0 Å². The fraction of sp³-hybridized carbons (Fsp3) is 0.500. The number of aliphatic hydroxyl groups excluding tert-OH is 1. The van der Waals surface area contributed by atoms with E-state index in [1.807, 2.05) is 36.0 Å². The van der Waals surface area contributed by atoms with Gasteiger partial charge in [0.15, 0.2) is 0 Å². The number of hydrogen-bond acceptors (Lipinski definition) is 3. The molecule has 0 fully saturated rings. The average molecular weight is 278 g/mol. The van der Waals surface area contributed by atoms with E-state index in [9.17, 15) is 0 Å². The molecule has 0 spiro atoms. The first-order valence-corrected chi connectivity index (χ1v) is 7.62. The molecule has 104 valence electrons. The van der Waals surface area contributed by atoms with Gasteiger partial charge in [-0.25, -0.2) is 0 Å². The summed E-state index contributed by atoms with van der Waals surface area (Å²) in [5.41, 5.74) is 0.870. The van der Waals surface area contributed by atoms with Gasteiger partial charge in [0, 0.05) is 16.6 Å². The van der Waals surface area contributed by atoms with Crippen LogP contribution in [0.1, 0.15) is 26.3 Å². The maximum atomic E-state index is 8.66. The number of thioether (sulfide) groups is 1. The highest BCUT2D eigenvalue weighted by molar-refractivity contribution is 7.99. The Morgan fingerprint density at radius 1 is 1.32 bits per heavy atom. The van der Waals surface area contributed by atoms with Crippen LogP contribution in [-0.4, -0.2) is 29.3 Å². The van der Waals surface area contributed by atoms with Crippen LogP contribution in [0.5, 0.6) is 5.75 Å². The molecule has 0 aliphatic rings. The molecule has 1 N–H and O–H groups in total. The Bertz CT molecular complexity index is 432. The van der Waals surface area contributed by atoms with Gasteiger partial charge in [0.05, 0.1) is 6.61 Å². The minimum absolute atomic E-state index is 0.116. The topological polar surface area (TPSA) is 29.5 Å². The van der Waals surface area contributed by atoms with E-state index in [-0.39, 0.29) is 6.61 Å². The van der Waals surface area contributed by atoms with Crippen molar-refractivity contribution in [2.75, 3.05) is 19.0 Å². The molecule has 1 aromatic rings. The van der Waals surface area contributed by atoms with Crippen molar-refractivity contribution >= 4 is 11.8 Å². The van der Waals surface area contributed by atoms with E-state index >= 15 is 0 Å². The second-order valence-corrected chi connectivity index (χ2v) is 6.14. The Balaban J connectivity index is 2.37. The van der Waals surface area contributed by atoms with Crippen molar-refractivity contribution in [3.05, 3.63) is 29.8 Å². The smallest absolute Gasteiger partial charge is 0.120 e. The van der Waals surface area contributed by atoms with Crippen molar-refractivity contribution in [3.63, 3.8) is 0 Å². The summed E-state index contributed by atoms with van der Waals surface area (Å²) >= 11 is 1.94. The molecule has 0 aromatic heterocycles. The number of hydrogen-bond donors (Lipinski definition) is 1. The van der Waals surface area contributed by atoms with Crippen molar-refractivity contribution in [2.24, 2.45) is 5.92 Å². The summed E-state index contributed by atoms with van der Waals surface area (Å²) in [5, 5.41) is 9.32. The molecule has 0 aliphatic heterocycles. The lowest BCUT2D eigenvalue weighted by molar-refractivity contribution is 0.343. The van der Waals surface area contributed by atoms with Gasteiger partial charge in [0.2, 0.25) is 0 Å². The zero-order chi connectivity index (χ0) is 14.1. The first-order chi connectivity index (χ1) is 9.13. The largest absolute Gasteiger partial charge is 0.493 e. The Hall–Kier alpha value is -1.11. The van der Waals surface area contributed by atoms with Gasteiger partial charge < -0.3 is 9.84 Å². The predicted octanol–water partition coefficient (Wildman–Crippen LogP) is 3.19. The second-order valence-electron chi connectivity index (χ2n) is 4.66. The molecule has 0 amide bonds. The van der Waals surface area contributed by atoms with Crippen LogP contribution < -0.4 is 4.74 Å². The van der Waals surface area contributed by atoms with Crippen molar-refractivity contribution in [2.45, 2.75) is 26.0 Å². The van der Waals surface area contributed by atoms with Gasteiger partial charge in [-0.05, 0) is 24.1 Å². The van der Waals surface area contributed by atoms with E-state index in [2.05, 4.69) is 32.6 Å². The maximum absolute atomic E-state index is 8.66. The van der Waals surface area contributed by atoms with E-state index in [1.54, 1.807) is 0 Å². The Morgan fingerprint density at radius 3 is 2.79 bits per heavy atom. The maximum Gasteiger partial charge on any atom is 0.120 e. The van der Waals surface area contributed by atoms with Crippen LogP contribution >= 0.6 is 11.8 Å². The highest BCUT2D eigenvalue weighted by Gasteiger charge is 2.06. The van der Waals surface area contributed by atoms with E-state index in [4.69, 9.17) is 9.84 Å². The van der Waals surface area contributed by atoms with E-state index in [0.717, 1.165) is 17.1 Å². The molecule has 1 aromatic carbocycles. The van der Waals surface area contributed by atoms with Gasteiger partial charge in [0.1, 0.15) is 12.4 Å². The summed E-state index contributed by atoms with van der Waals surface area (Å²) in [7, 11) is 0. The van der Waals surface area contributed by atoms with Crippen LogP contribution in [0.3, 0.4) is 0 Å². The monoisotopic (exact) mass is 278 g/mol. The van der Waals surface area contributed by atoms with Gasteiger partial charge in [0.25, 0.3) is 0 Å². The van der Waals surface area contributed by atoms with Gasteiger partial charge in [-0.15, -0.1) is 0 Å². The lowest BCUT2D eigenvalue weighted by atomic mass is 10.2. The summed E-state index contributed by atoms with van der Waals surface area (Å²) in [4.78, 5) is 0. The minimum Gasteiger partial charge on any atom is -0.493 e. The first kappa shape index (κ1) is 15.9. The summed E-state index contributed by atoms with van der Waals surface area (Å²) in [6.45, 7) is 7.32. The molecule has 2 nitrogen and oxygen atoms in total. The second kappa shape index (κ2) is 8.90. The Kier molecular flexibility index (Phi) is 7.47. The van der Waals surface area contributed by atoms with Crippen molar-refractivity contribution < 1.29 is 9.84 Å². The molecule has 0 aliphatic carbocycles. The number of benzene rings is 1. The zero-order valence-electron chi connectivity index (χ0n) is 11.8. The number of rotatable bonds is 6. The lowest BCUT2D eigenvalue weighted by Crippen LogP contribution is -2.09. The molecule has 0 heterocycles. The molecule has 0 saturated heterocycles. The third kappa shape index (κ3) is 6.56. The molecular formula is C16H22O2S. The van der Waals surface area contributed by atoms with Gasteiger partial charge >= 0.3 is 0 Å². The molecule has 1 atom stereocenters. The quantitative estimate of drug-likeness (QED) is 0.640. The van der Waals surface area contributed by atoms with Crippen LogP contribution in [0.2, 0.25) is 0 Å². The number of ether oxygens (including phenoxy) is 1. The lowest BCUT2D eigenvalue weighted by Gasteiger charge is -2.15. The van der Waals surface area contributed by atoms with Gasteiger partial charge in [-0.1, -0.05) is 38.7 Å². The van der Waals surface area contributed by atoms with E-state index in [1.165, 1.54) is 0 Å². The predicted molar refractivity (Wildman–Crippen MR) is 82.7 cm³/mol. The van der Waals surface area contributed by atoms with Crippen LogP contribution in [-0.2, 0) is 0 Å². The third-order valence-corrected chi connectivity index (χ3v) is 4.29. The van der Waals surface area contributed by atoms with E-state index < -0.39 is 0 Å². The molecular weight excluding hydrogens is 256 g/mol. The summed E-state index contributed by atoms with van der Waals surface area (Å²) in [5.74, 6) is 8.03. The van der Waals surface area contributed by atoms with Crippen LogP contribution in [0.4, 0.5) is 0 Å². The van der Waals surface area contributed by atoms with E-state index in [0.29, 0.717) is 17.8 Å². The molecule has 0 radical (unpaired) electrons. The molecule has 3 heteroatoms. The normalized spacial score (nSPS) is 11.8. The average Bonchev–Trinajstić information content (AvgIpc) is 2.41. The van der Waals surface area contributed by atoms with Crippen LogP contribution in [0.25, 0.3) is 0 Å². The summed E-state index contributed by atoms with van der Waals surface area (Å²) < 4.78 is 5.71. The first-order valence-electron chi connectivity index (χ1n) is 6.57.